The van der Waals surface area contributed by atoms with E-state index in [0.29, 0.717) is 16.8 Å². The minimum Gasteiger partial charge on any atom is -0.465 e. The van der Waals surface area contributed by atoms with Gasteiger partial charge in [-0.2, -0.15) is 0 Å². The smallest absolute Gasteiger partial charge is 0.337 e. The zero-order valence-corrected chi connectivity index (χ0v) is 14.8. The van der Waals surface area contributed by atoms with E-state index in [-0.39, 0.29) is 5.75 Å². The second kappa shape index (κ2) is 7.94. The average Bonchev–Trinajstić information content (AvgIpc) is 2.53. The minimum absolute atomic E-state index is 0.282. The number of rotatable bonds is 6. The third kappa shape index (κ3) is 5.72. The number of amides is 1. The third-order valence-electron chi connectivity index (χ3n) is 3.41. The number of anilines is 1. The summed E-state index contributed by atoms with van der Waals surface area (Å²) in [6.45, 7) is 1.88. The largest absolute Gasteiger partial charge is 0.465 e. The van der Waals surface area contributed by atoms with Crippen LogP contribution in [0.5, 0.6) is 0 Å². The standard InChI is InChI=1S/C18H19NO5S/c1-13-4-3-5-16(10-13)19-17(20)12-25(22,23)11-14-6-8-15(9-7-14)18(21)24-2/h3-10H,11-12H2,1-2H3,(H,19,20). The molecule has 0 heterocycles. The quantitative estimate of drug-likeness (QED) is 0.798. The van der Waals surface area contributed by atoms with Crippen molar-refractivity contribution < 1.29 is 22.7 Å². The zero-order chi connectivity index (χ0) is 18.4. The Bertz CT molecular complexity index is 873. The van der Waals surface area contributed by atoms with Gasteiger partial charge in [0.25, 0.3) is 0 Å². The Morgan fingerprint density at radius 3 is 2.36 bits per heavy atom. The molecule has 0 aromatic heterocycles. The first-order valence-corrected chi connectivity index (χ1v) is 9.35. The van der Waals surface area contributed by atoms with Gasteiger partial charge in [0.1, 0.15) is 5.75 Å². The van der Waals surface area contributed by atoms with Crippen molar-refractivity contribution in [1.29, 1.82) is 0 Å². The van der Waals surface area contributed by atoms with E-state index in [9.17, 15) is 18.0 Å². The van der Waals surface area contributed by atoms with Gasteiger partial charge in [0.15, 0.2) is 9.84 Å². The Morgan fingerprint density at radius 2 is 1.76 bits per heavy atom. The number of aryl methyl sites for hydroxylation is 1. The van der Waals surface area contributed by atoms with Crippen LogP contribution in [0.3, 0.4) is 0 Å². The van der Waals surface area contributed by atoms with Crippen LogP contribution in [0, 0.1) is 6.92 Å². The normalized spacial score (nSPS) is 11.0. The van der Waals surface area contributed by atoms with Crippen molar-refractivity contribution in [2.75, 3.05) is 18.2 Å². The molecule has 0 bridgehead atoms. The summed E-state index contributed by atoms with van der Waals surface area (Å²) < 4.78 is 29.0. The van der Waals surface area contributed by atoms with Crippen molar-refractivity contribution in [3.63, 3.8) is 0 Å². The van der Waals surface area contributed by atoms with E-state index < -0.39 is 27.5 Å². The van der Waals surface area contributed by atoms with Gasteiger partial charge in [0.2, 0.25) is 5.91 Å². The number of carbonyl (C=O) groups excluding carboxylic acids is 2. The van der Waals surface area contributed by atoms with E-state index in [4.69, 9.17) is 0 Å². The average molecular weight is 361 g/mol. The third-order valence-corrected chi connectivity index (χ3v) is 4.89. The highest BCUT2D eigenvalue weighted by atomic mass is 32.2. The number of hydrogen-bond donors (Lipinski definition) is 1. The fraction of sp³-hybridized carbons (Fsp3) is 0.222. The van der Waals surface area contributed by atoms with Crippen molar-refractivity contribution >= 4 is 27.4 Å². The van der Waals surface area contributed by atoms with Gasteiger partial charge in [0.05, 0.1) is 18.4 Å². The molecule has 0 aliphatic carbocycles. The maximum atomic E-state index is 12.2. The van der Waals surface area contributed by atoms with Crippen molar-refractivity contribution in [1.82, 2.24) is 0 Å². The zero-order valence-electron chi connectivity index (χ0n) is 14.0. The number of methoxy groups -OCH3 is 1. The van der Waals surface area contributed by atoms with Crippen LogP contribution in [-0.4, -0.2) is 33.2 Å². The summed E-state index contributed by atoms with van der Waals surface area (Å²) in [6, 6.07) is 13.2. The lowest BCUT2D eigenvalue weighted by Gasteiger charge is -2.08. The van der Waals surface area contributed by atoms with E-state index in [1.54, 1.807) is 18.2 Å². The summed E-state index contributed by atoms with van der Waals surface area (Å²) in [5, 5.41) is 2.58. The van der Waals surface area contributed by atoms with Crippen LogP contribution in [0.25, 0.3) is 0 Å². The molecule has 0 aliphatic rings. The molecule has 132 valence electrons. The predicted molar refractivity (Wildman–Crippen MR) is 95.1 cm³/mol. The van der Waals surface area contributed by atoms with Gasteiger partial charge in [-0.05, 0) is 42.3 Å². The van der Waals surface area contributed by atoms with Crippen LogP contribution in [0.2, 0.25) is 0 Å². The molecule has 25 heavy (non-hydrogen) atoms. The van der Waals surface area contributed by atoms with Crippen LogP contribution in [0.15, 0.2) is 48.5 Å². The summed E-state index contributed by atoms with van der Waals surface area (Å²) >= 11 is 0. The van der Waals surface area contributed by atoms with E-state index in [1.807, 2.05) is 13.0 Å². The van der Waals surface area contributed by atoms with E-state index in [1.165, 1.54) is 31.4 Å². The lowest BCUT2D eigenvalue weighted by molar-refractivity contribution is -0.113. The van der Waals surface area contributed by atoms with Crippen LogP contribution in [-0.2, 0) is 25.1 Å². The molecule has 2 aromatic carbocycles. The first kappa shape index (κ1) is 18.7. The van der Waals surface area contributed by atoms with Gasteiger partial charge in [-0.15, -0.1) is 0 Å². The highest BCUT2D eigenvalue weighted by Crippen LogP contribution is 2.12. The fourth-order valence-corrected chi connectivity index (χ4v) is 3.55. The molecule has 0 aliphatic heterocycles. The molecule has 2 rings (SSSR count). The monoisotopic (exact) mass is 361 g/mol. The summed E-state index contributed by atoms with van der Waals surface area (Å²) in [4.78, 5) is 23.3. The second-order valence-corrected chi connectivity index (χ2v) is 7.70. The lowest BCUT2D eigenvalue weighted by atomic mass is 10.1. The van der Waals surface area contributed by atoms with E-state index in [2.05, 4.69) is 10.1 Å². The molecule has 1 amide bonds. The van der Waals surface area contributed by atoms with Crippen LogP contribution in [0.1, 0.15) is 21.5 Å². The molecule has 0 atom stereocenters. The maximum absolute atomic E-state index is 12.2. The number of benzene rings is 2. The Labute approximate surface area is 146 Å². The van der Waals surface area contributed by atoms with Crippen molar-refractivity contribution in [2.24, 2.45) is 0 Å². The molecule has 0 saturated carbocycles. The van der Waals surface area contributed by atoms with Crippen LogP contribution < -0.4 is 5.32 Å². The molecule has 0 unspecified atom stereocenters. The Balaban J connectivity index is 1.99. The first-order valence-electron chi connectivity index (χ1n) is 7.53. The van der Waals surface area contributed by atoms with Gasteiger partial charge in [-0.3, -0.25) is 4.79 Å². The van der Waals surface area contributed by atoms with Crippen LogP contribution in [0.4, 0.5) is 5.69 Å². The number of hydrogen-bond acceptors (Lipinski definition) is 5. The number of sulfone groups is 1. The van der Waals surface area contributed by atoms with E-state index in [0.717, 1.165) is 5.56 Å². The highest BCUT2D eigenvalue weighted by Gasteiger charge is 2.18. The molecule has 2 aromatic rings. The molecule has 6 nitrogen and oxygen atoms in total. The van der Waals surface area contributed by atoms with Gasteiger partial charge in [-0.25, -0.2) is 13.2 Å². The van der Waals surface area contributed by atoms with Crippen LogP contribution >= 0.6 is 0 Å². The number of nitrogens with one attached hydrogen (secondary N) is 1. The molecular formula is C18H19NO5S. The Morgan fingerprint density at radius 1 is 1.08 bits per heavy atom. The summed E-state index contributed by atoms with van der Waals surface area (Å²) in [6.07, 6.45) is 0. The molecule has 0 saturated heterocycles. The first-order chi connectivity index (χ1) is 11.8. The Hall–Kier alpha value is -2.67. The number of carbonyl (C=O) groups is 2. The molecule has 7 heteroatoms. The minimum atomic E-state index is -3.63. The molecule has 0 radical (unpaired) electrons. The van der Waals surface area contributed by atoms with E-state index >= 15 is 0 Å². The molecule has 0 spiro atoms. The van der Waals surface area contributed by atoms with Crippen molar-refractivity contribution in [3.05, 3.63) is 65.2 Å². The topological polar surface area (TPSA) is 89.5 Å². The van der Waals surface area contributed by atoms with Gasteiger partial charge >= 0.3 is 5.97 Å². The SMILES string of the molecule is COC(=O)c1ccc(CS(=O)(=O)CC(=O)Nc2cccc(C)c2)cc1. The molecular weight excluding hydrogens is 342 g/mol. The number of esters is 1. The van der Waals surface area contributed by atoms with Gasteiger partial charge in [-0.1, -0.05) is 24.3 Å². The second-order valence-electron chi connectivity index (χ2n) is 5.64. The lowest BCUT2D eigenvalue weighted by Crippen LogP contribution is -2.24. The molecule has 1 N–H and O–H groups in total. The Kier molecular flexibility index (Phi) is 5.93. The fourth-order valence-electron chi connectivity index (χ4n) is 2.28. The number of ether oxygens (including phenoxy) is 1. The summed E-state index contributed by atoms with van der Waals surface area (Å²) in [5.74, 6) is -1.97. The van der Waals surface area contributed by atoms with Gasteiger partial charge in [0, 0.05) is 5.69 Å². The van der Waals surface area contributed by atoms with Crippen molar-refractivity contribution in [3.8, 4) is 0 Å². The summed E-state index contributed by atoms with van der Waals surface area (Å²) in [5.41, 5.74) is 2.35. The predicted octanol–water partition coefficient (Wildman–Crippen LogP) is 2.34. The highest BCUT2D eigenvalue weighted by molar-refractivity contribution is 7.91. The van der Waals surface area contributed by atoms with Crippen molar-refractivity contribution in [2.45, 2.75) is 12.7 Å². The molecule has 0 fully saturated rings. The summed E-state index contributed by atoms with van der Waals surface area (Å²) in [7, 11) is -2.36. The van der Waals surface area contributed by atoms with Gasteiger partial charge < -0.3 is 10.1 Å². The maximum Gasteiger partial charge on any atom is 0.337 e.